The number of aldehydes is 1. The van der Waals surface area contributed by atoms with Gasteiger partial charge in [-0.1, -0.05) is 18.2 Å². The second-order valence-electron chi connectivity index (χ2n) is 8.44. The van der Waals surface area contributed by atoms with Gasteiger partial charge in [-0.25, -0.2) is 0 Å². The molecule has 0 saturated carbocycles. The molecule has 2 aromatic rings. The van der Waals surface area contributed by atoms with E-state index in [1.165, 1.54) is 11.1 Å². The molecule has 0 aliphatic carbocycles. The third-order valence-electron chi connectivity index (χ3n) is 6.36. The lowest BCUT2D eigenvalue weighted by atomic mass is 9.89. The molecule has 0 spiro atoms. The number of fused-ring (bicyclic) bond motifs is 1. The van der Waals surface area contributed by atoms with Crippen molar-refractivity contribution >= 4 is 22.2 Å². The number of phenolic OH excluding ortho intramolecular Hbond substituents is 1. The van der Waals surface area contributed by atoms with Crippen LogP contribution < -0.4 is 4.74 Å². The van der Waals surface area contributed by atoms with Crippen LogP contribution in [0.15, 0.2) is 40.9 Å². The Labute approximate surface area is 185 Å². The molecule has 1 fully saturated rings. The Morgan fingerprint density at radius 1 is 1.13 bits per heavy atom. The van der Waals surface area contributed by atoms with Crippen LogP contribution in [0, 0.1) is 5.92 Å². The highest BCUT2D eigenvalue weighted by molar-refractivity contribution is 9.10. The van der Waals surface area contributed by atoms with Gasteiger partial charge < -0.3 is 24.6 Å². The maximum Gasteiger partial charge on any atom is 0.130 e. The van der Waals surface area contributed by atoms with E-state index in [1.807, 2.05) is 24.3 Å². The maximum absolute atomic E-state index is 11.4. The summed E-state index contributed by atoms with van der Waals surface area (Å²) in [6.45, 7) is 3.32. The summed E-state index contributed by atoms with van der Waals surface area (Å²) in [5, 5.41) is 19.9. The van der Waals surface area contributed by atoms with E-state index >= 15 is 0 Å². The van der Waals surface area contributed by atoms with Gasteiger partial charge in [-0.05, 0) is 89.9 Å². The number of likely N-dealkylation sites (tertiary alicyclic amines) is 1. The SMILES string of the molecule is O=CC1c2cc(CCN3CCC(Cc4ccc(Br)c(O)c4)CC3)ccc2OCC1O. The molecule has 5 nitrogen and oxygen atoms in total. The fourth-order valence-corrected chi connectivity index (χ4v) is 4.76. The standard InChI is InChI=1S/C24H28BrNO4/c25-21-3-1-18(13-22(21)28)11-17-6-9-26(10-7-17)8-5-16-2-4-24-19(12-16)20(14-27)23(29)15-30-24/h1-4,12-14,17,20,23,28-29H,5-11,15H2. The zero-order valence-corrected chi connectivity index (χ0v) is 18.6. The van der Waals surface area contributed by atoms with Crippen LogP contribution in [-0.2, 0) is 17.6 Å². The molecule has 0 radical (unpaired) electrons. The molecule has 0 aromatic heterocycles. The van der Waals surface area contributed by atoms with Gasteiger partial charge in [0, 0.05) is 12.1 Å². The number of carbonyl (C=O) groups excluding carboxylic acids is 1. The number of piperidine rings is 1. The first-order valence-corrected chi connectivity index (χ1v) is 11.4. The number of aliphatic hydroxyl groups excluding tert-OH is 1. The highest BCUT2D eigenvalue weighted by atomic mass is 79.9. The molecule has 2 aliphatic heterocycles. The smallest absolute Gasteiger partial charge is 0.130 e. The Balaban J connectivity index is 1.28. The van der Waals surface area contributed by atoms with Gasteiger partial charge in [0.05, 0.1) is 10.4 Å². The van der Waals surface area contributed by atoms with E-state index in [1.54, 1.807) is 0 Å². The van der Waals surface area contributed by atoms with Gasteiger partial charge >= 0.3 is 0 Å². The predicted molar refractivity (Wildman–Crippen MR) is 119 cm³/mol. The van der Waals surface area contributed by atoms with Crippen LogP contribution in [0.4, 0.5) is 0 Å². The fourth-order valence-electron chi connectivity index (χ4n) is 4.52. The molecule has 2 aromatic carbocycles. The lowest BCUT2D eigenvalue weighted by molar-refractivity contribution is -0.112. The number of aromatic hydroxyl groups is 1. The van der Waals surface area contributed by atoms with Gasteiger partial charge in [-0.2, -0.15) is 0 Å². The molecule has 2 atom stereocenters. The number of hydrogen-bond acceptors (Lipinski definition) is 5. The maximum atomic E-state index is 11.4. The molecule has 0 amide bonds. The summed E-state index contributed by atoms with van der Waals surface area (Å²) in [5.74, 6) is 1.17. The van der Waals surface area contributed by atoms with E-state index in [4.69, 9.17) is 4.74 Å². The summed E-state index contributed by atoms with van der Waals surface area (Å²) in [4.78, 5) is 13.9. The number of nitrogens with zero attached hydrogens (tertiary/aromatic N) is 1. The summed E-state index contributed by atoms with van der Waals surface area (Å²) in [6, 6.07) is 11.9. The van der Waals surface area contributed by atoms with Crippen molar-refractivity contribution in [2.24, 2.45) is 5.92 Å². The van der Waals surface area contributed by atoms with Gasteiger partial charge in [0.1, 0.15) is 30.5 Å². The van der Waals surface area contributed by atoms with Crippen molar-refractivity contribution in [3.8, 4) is 11.5 Å². The number of ether oxygens (including phenoxy) is 1. The van der Waals surface area contributed by atoms with Crippen LogP contribution >= 0.6 is 15.9 Å². The van der Waals surface area contributed by atoms with Crippen molar-refractivity contribution in [2.45, 2.75) is 37.7 Å². The average molecular weight is 474 g/mol. The monoisotopic (exact) mass is 473 g/mol. The van der Waals surface area contributed by atoms with Crippen LogP contribution in [0.2, 0.25) is 0 Å². The fraction of sp³-hybridized carbons (Fsp3) is 0.458. The topological polar surface area (TPSA) is 70.0 Å². The van der Waals surface area contributed by atoms with Crippen molar-refractivity contribution in [3.05, 3.63) is 57.6 Å². The molecular formula is C24H28BrNO4. The molecule has 2 unspecified atom stereocenters. The summed E-state index contributed by atoms with van der Waals surface area (Å²) in [6.07, 6.45) is 4.31. The number of halogens is 1. The van der Waals surface area contributed by atoms with Gasteiger partial charge in [0.15, 0.2) is 0 Å². The lowest BCUT2D eigenvalue weighted by Crippen LogP contribution is -2.35. The molecule has 30 heavy (non-hydrogen) atoms. The molecule has 0 bridgehead atoms. The molecule has 1 saturated heterocycles. The molecular weight excluding hydrogens is 446 g/mol. The Morgan fingerprint density at radius 2 is 1.90 bits per heavy atom. The van der Waals surface area contributed by atoms with Crippen molar-refractivity contribution < 1.29 is 19.7 Å². The van der Waals surface area contributed by atoms with Crippen LogP contribution in [-0.4, -0.2) is 53.7 Å². The summed E-state index contributed by atoms with van der Waals surface area (Å²) in [7, 11) is 0. The predicted octanol–water partition coefficient (Wildman–Crippen LogP) is 3.69. The number of rotatable bonds is 6. The van der Waals surface area contributed by atoms with Gasteiger partial charge in [-0.15, -0.1) is 0 Å². The first-order valence-electron chi connectivity index (χ1n) is 10.6. The van der Waals surface area contributed by atoms with Crippen molar-refractivity contribution in [2.75, 3.05) is 26.2 Å². The first kappa shape index (κ1) is 21.3. The van der Waals surface area contributed by atoms with Crippen molar-refractivity contribution in [1.82, 2.24) is 4.90 Å². The van der Waals surface area contributed by atoms with E-state index in [0.717, 1.165) is 61.6 Å². The Kier molecular flexibility index (Phi) is 6.76. The summed E-state index contributed by atoms with van der Waals surface area (Å²) < 4.78 is 6.29. The van der Waals surface area contributed by atoms with Crippen molar-refractivity contribution in [1.29, 1.82) is 0 Å². The largest absolute Gasteiger partial charge is 0.507 e. The van der Waals surface area contributed by atoms with Gasteiger partial charge in [-0.3, -0.25) is 0 Å². The molecule has 4 rings (SSSR count). The Morgan fingerprint density at radius 3 is 2.63 bits per heavy atom. The molecule has 160 valence electrons. The normalized spacial score (nSPS) is 22.3. The number of carbonyl (C=O) groups is 1. The second-order valence-corrected chi connectivity index (χ2v) is 9.29. The van der Waals surface area contributed by atoms with E-state index in [2.05, 4.69) is 33.0 Å². The Hall–Kier alpha value is -1.89. The van der Waals surface area contributed by atoms with E-state index in [-0.39, 0.29) is 6.61 Å². The zero-order chi connectivity index (χ0) is 21.1. The quantitative estimate of drug-likeness (QED) is 0.626. The van der Waals surface area contributed by atoms with Crippen molar-refractivity contribution in [3.63, 3.8) is 0 Å². The zero-order valence-electron chi connectivity index (χ0n) is 17.0. The second kappa shape index (κ2) is 9.50. The molecule has 2 heterocycles. The van der Waals surface area contributed by atoms with E-state index < -0.39 is 12.0 Å². The summed E-state index contributed by atoms with van der Waals surface area (Å²) >= 11 is 3.34. The minimum atomic E-state index is -0.767. The molecule has 2 N–H and O–H groups in total. The highest BCUT2D eigenvalue weighted by Crippen LogP contribution is 2.34. The van der Waals surface area contributed by atoms with E-state index in [0.29, 0.717) is 17.4 Å². The third kappa shape index (κ3) is 4.88. The minimum Gasteiger partial charge on any atom is -0.507 e. The molecule has 6 heteroatoms. The number of phenols is 1. The highest BCUT2D eigenvalue weighted by Gasteiger charge is 2.29. The number of hydrogen-bond donors (Lipinski definition) is 2. The van der Waals surface area contributed by atoms with Crippen LogP contribution in [0.5, 0.6) is 11.5 Å². The third-order valence-corrected chi connectivity index (χ3v) is 7.03. The minimum absolute atomic E-state index is 0.171. The summed E-state index contributed by atoms with van der Waals surface area (Å²) in [5.41, 5.74) is 3.17. The number of benzene rings is 2. The first-order chi connectivity index (χ1) is 14.5. The lowest BCUT2D eigenvalue weighted by Gasteiger charge is -2.32. The van der Waals surface area contributed by atoms with Crippen LogP contribution in [0.25, 0.3) is 0 Å². The number of aliphatic hydroxyl groups is 1. The van der Waals surface area contributed by atoms with Gasteiger partial charge in [0.2, 0.25) is 0 Å². The molecule has 2 aliphatic rings. The van der Waals surface area contributed by atoms with Crippen LogP contribution in [0.3, 0.4) is 0 Å². The van der Waals surface area contributed by atoms with E-state index in [9.17, 15) is 15.0 Å². The Bertz CT molecular complexity index is 895. The van der Waals surface area contributed by atoms with Crippen LogP contribution in [0.1, 0.15) is 35.4 Å². The average Bonchev–Trinajstić information content (AvgIpc) is 2.75. The van der Waals surface area contributed by atoms with Gasteiger partial charge in [0.25, 0.3) is 0 Å².